The molecule has 0 aromatic heterocycles. The van der Waals surface area contributed by atoms with Gasteiger partial charge in [0.05, 0.1) is 0 Å². The van der Waals surface area contributed by atoms with E-state index < -0.39 is 0 Å². The second-order valence-electron chi connectivity index (χ2n) is 4.86. The summed E-state index contributed by atoms with van der Waals surface area (Å²) in [4.78, 5) is 0. The standard InChI is InChI=1S/C17H21N/c1-3-5-14-6-4-7-17(12-14)16-10-8-15(9-11-16)13(2)18/h4,6-13H,3,5,18H2,1-2H3. The van der Waals surface area contributed by atoms with Gasteiger partial charge in [-0.05, 0) is 35.6 Å². The molecule has 0 bridgehead atoms. The van der Waals surface area contributed by atoms with Gasteiger partial charge in [0.15, 0.2) is 0 Å². The topological polar surface area (TPSA) is 26.0 Å². The van der Waals surface area contributed by atoms with E-state index in [0.717, 1.165) is 6.42 Å². The lowest BCUT2D eigenvalue weighted by Gasteiger charge is -2.08. The van der Waals surface area contributed by atoms with Gasteiger partial charge in [-0.25, -0.2) is 0 Å². The highest BCUT2D eigenvalue weighted by Crippen LogP contribution is 2.22. The highest BCUT2D eigenvalue weighted by atomic mass is 14.6. The first-order valence-electron chi connectivity index (χ1n) is 6.65. The second-order valence-corrected chi connectivity index (χ2v) is 4.86. The van der Waals surface area contributed by atoms with Crippen LogP contribution in [0.4, 0.5) is 0 Å². The molecule has 94 valence electrons. The molecule has 2 rings (SSSR count). The van der Waals surface area contributed by atoms with E-state index in [-0.39, 0.29) is 6.04 Å². The predicted molar refractivity (Wildman–Crippen MR) is 78.5 cm³/mol. The lowest BCUT2D eigenvalue weighted by atomic mass is 9.99. The van der Waals surface area contributed by atoms with Crippen molar-refractivity contribution in [1.82, 2.24) is 0 Å². The summed E-state index contributed by atoms with van der Waals surface area (Å²) < 4.78 is 0. The smallest absolute Gasteiger partial charge is 0.0266 e. The number of benzene rings is 2. The first kappa shape index (κ1) is 12.8. The molecule has 2 aromatic carbocycles. The zero-order chi connectivity index (χ0) is 13.0. The van der Waals surface area contributed by atoms with Crippen molar-refractivity contribution in [1.29, 1.82) is 0 Å². The molecule has 2 aromatic rings. The van der Waals surface area contributed by atoms with Gasteiger partial charge in [-0.1, -0.05) is 61.9 Å². The van der Waals surface area contributed by atoms with Crippen molar-refractivity contribution < 1.29 is 0 Å². The predicted octanol–water partition coefficient (Wildman–Crippen LogP) is 4.33. The molecule has 0 aliphatic carbocycles. The van der Waals surface area contributed by atoms with Gasteiger partial charge >= 0.3 is 0 Å². The third-order valence-corrected chi connectivity index (χ3v) is 3.24. The molecule has 0 aliphatic rings. The van der Waals surface area contributed by atoms with Crippen molar-refractivity contribution >= 4 is 0 Å². The van der Waals surface area contributed by atoms with Crippen LogP contribution in [-0.4, -0.2) is 0 Å². The Morgan fingerprint density at radius 3 is 2.33 bits per heavy atom. The maximum atomic E-state index is 5.87. The lowest BCUT2D eigenvalue weighted by Crippen LogP contribution is -2.04. The van der Waals surface area contributed by atoms with Gasteiger partial charge in [-0.2, -0.15) is 0 Å². The first-order valence-corrected chi connectivity index (χ1v) is 6.65. The van der Waals surface area contributed by atoms with E-state index in [1.165, 1.54) is 28.7 Å². The summed E-state index contributed by atoms with van der Waals surface area (Å²) in [5.74, 6) is 0. The van der Waals surface area contributed by atoms with Crippen LogP contribution in [0, 0.1) is 0 Å². The fourth-order valence-electron chi connectivity index (χ4n) is 2.17. The van der Waals surface area contributed by atoms with E-state index >= 15 is 0 Å². The summed E-state index contributed by atoms with van der Waals surface area (Å²) in [5.41, 5.74) is 11.0. The third kappa shape index (κ3) is 2.99. The Morgan fingerprint density at radius 2 is 1.72 bits per heavy atom. The summed E-state index contributed by atoms with van der Waals surface area (Å²) in [6.45, 7) is 4.22. The van der Waals surface area contributed by atoms with Crippen molar-refractivity contribution in [2.75, 3.05) is 0 Å². The Hall–Kier alpha value is -1.60. The quantitative estimate of drug-likeness (QED) is 0.844. The van der Waals surface area contributed by atoms with Crippen LogP contribution in [0.25, 0.3) is 11.1 Å². The molecule has 2 N–H and O–H groups in total. The molecule has 0 radical (unpaired) electrons. The van der Waals surface area contributed by atoms with E-state index in [2.05, 4.69) is 55.5 Å². The highest BCUT2D eigenvalue weighted by Gasteiger charge is 2.02. The van der Waals surface area contributed by atoms with Crippen molar-refractivity contribution in [3.8, 4) is 11.1 Å². The van der Waals surface area contributed by atoms with Crippen LogP contribution >= 0.6 is 0 Å². The zero-order valence-electron chi connectivity index (χ0n) is 11.2. The normalized spacial score (nSPS) is 12.4. The molecule has 0 saturated heterocycles. The van der Waals surface area contributed by atoms with E-state index in [0.29, 0.717) is 0 Å². The molecule has 0 saturated carbocycles. The Kier molecular flexibility index (Phi) is 4.16. The van der Waals surface area contributed by atoms with Crippen molar-refractivity contribution in [2.24, 2.45) is 5.73 Å². The molecular weight excluding hydrogens is 218 g/mol. The summed E-state index contributed by atoms with van der Waals surface area (Å²) >= 11 is 0. The zero-order valence-corrected chi connectivity index (χ0v) is 11.2. The van der Waals surface area contributed by atoms with Gasteiger partial charge in [-0.15, -0.1) is 0 Å². The Bertz CT molecular complexity index is 497. The van der Waals surface area contributed by atoms with Gasteiger partial charge in [0.2, 0.25) is 0 Å². The molecule has 18 heavy (non-hydrogen) atoms. The van der Waals surface area contributed by atoms with Crippen LogP contribution in [0.15, 0.2) is 48.5 Å². The largest absolute Gasteiger partial charge is 0.324 e. The van der Waals surface area contributed by atoms with Crippen molar-refractivity contribution in [2.45, 2.75) is 32.7 Å². The molecule has 1 heteroatoms. The van der Waals surface area contributed by atoms with Crippen LogP contribution in [0.1, 0.15) is 37.4 Å². The lowest BCUT2D eigenvalue weighted by molar-refractivity contribution is 0.818. The summed E-state index contributed by atoms with van der Waals surface area (Å²) in [6, 6.07) is 17.4. The molecule has 0 heterocycles. The van der Waals surface area contributed by atoms with Crippen LogP contribution < -0.4 is 5.73 Å². The Labute approximate surface area is 110 Å². The minimum absolute atomic E-state index is 0.102. The van der Waals surface area contributed by atoms with E-state index in [1.807, 2.05) is 6.92 Å². The SMILES string of the molecule is CCCc1cccc(-c2ccc(C(C)N)cc2)c1. The molecule has 1 unspecified atom stereocenters. The maximum Gasteiger partial charge on any atom is 0.0266 e. The van der Waals surface area contributed by atoms with Gasteiger partial charge in [0.1, 0.15) is 0 Å². The molecule has 0 fully saturated rings. The minimum atomic E-state index is 0.102. The van der Waals surface area contributed by atoms with Gasteiger partial charge in [0, 0.05) is 6.04 Å². The molecule has 1 atom stereocenters. The number of rotatable bonds is 4. The van der Waals surface area contributed by atoms with Gasteiger partial charge < -0.3 is 5.73 Å². The summed E-state index contributed by atoms with van der Waals surface area (Å²) in [7, 11) is 0. The minimum Gasteiger partial charge on any atom is -0.324 e. The number of hydrogen-bond donors (Lipinski definition) is 1. The van der Waals surface area contributed by atoms with E-state index in [4.69, 9.17) is 5.73 Å². The number of hydrogen-bond acceptors (Lipinski definition) is 1. The van der Waals surface area contributed by atoms with Crippen molar-refractivity contribution in [3.05, 3.63) is 59.7 Å². The average Bonchev–Trinajstić information content (AvgIpc) is 2.39. The monoisotopic (exact) mass is 239 g/mol. The summed E-state index contributed by atoms with van der Waals surface area (Å²) in [5, 5.41) is 0. The molecule has 0 amide bonds. The highest BCUT2D eigenvalue weighted by molar-refractivity contribution is 5.64. The number of aryl methyl sites for hydroxylation is 1. The summed E-state index contributed by atoms with van der Waals surface area (Å²) in [6.07, 6.45) is 2.33. The number of nitrogens with two attached hydrogens (primary N) is 1. The van der Waals surface area contributed by atoms with Crippen LogP contribution in [0.5, 0.6) is 0 Å². The Balaban J connectivity index is 2.27. The van der Waals surface area contributed by atoms with Crippen molar-refractivity contribution in [3.63, 3.8) is 0 Å². The molecule has 1 nitrogen and oxygen atoms in total. The fourth-order valence-corrected chi connectivity index (χ4v) is 2.17. The molecule has 0 aliphatic heterocycles. The Morgan fingerprint density at radius 1 is 1.00 bits per heavy atom. The van der Waals surface area contributed by atoms with Gasteiger partial charge in [0.25, 0.3) is 0 Å². The molecule has 0 spiro atoms. The maximum absolute atomic E-state index is 5.87. The fraction of sp³-hybridized carbons (Fsp3) is 0.294. The van der Waals surface area contributed by atoms with Gasteiger partial charge in [-0.3, -0.25) is 0 Å². The first-order chi connectivity index (χ1) is 8.70. The van der Waals surface area contributed by atoms with E-state index in [1.54, 1.807) is 0 Å². The van der Waals surface area contributed by atoms with E-state index in [9.17, 15) is 0 Å². The third-order valence-electron chi connectivity index (χ3n) is 3.24. The average molecular weight is 239 g/mol. The second kappa shape index (κ2) is 5.83. The van der Waals surface area contributed by atoms with Crippen LogP contribution in [0.3, 0.4) is 0 Å². The van der Waals surface area contributed by atoms with Crippen LogP contribution in [0.2, 0.25) is 0 Å². The molecular formula is C17H21N. The van der Waals surface area contributed by atoms with Crippen LogP contribution in [-0.2, 0) is 6.42 Å².